The summed E-state index contributed by atoms with van der Waals surface area (Å²) in [5.74, 6) is 0. The number of benzene rings is 1. The van der Waals surface area contributed by atoms with Gasteiger partial charge in [0.1, 0.15) is 0 Å². The van der Waals surface area contributed by atoms with Gasteiger partial charge in [-0.25, -0.2) is 4.68 Å². The van der Waals surface area contributed by atoms with Gasteiger partial charge in [-0.3, -0.25) is 0 Å². The molecule has 0 saturated carbocycles. The van der Waals surface area contributed by atoms with E-state index in [4.69, 9.17) is 0 Å². The molecule has 1 N–H and O–H groups in total. The van der Waals surface area contributed by atoms with Crippen molar-refractivity contribution in [2.75, 3.05) is 6.54 Å². The minimum absolute atomic E-state index is 0.778. The molecule has 2 rings (SSSR count). The summed E-state index contributed by atoms with van der Waals surface area (Å²) in [6.07, 6.45) is 2.00. The van der Waals surface area contributed by atoms with Gasteiger partial charge in [-0.1, -0.05) is 30.3 Å². The Morgan fingerprint density at radius 3 is 2.78 bits per heavy atom. The smallest absolute Gasteiger partial charge is 0.0964 e. The van der Waals surface area contributed by atoms with Crippen LogP contribution in [0.2, 0.25) is 0 Å². The van der Waals surface area contributed by atoms with Crippen molar-refractivity contribution in [3.63, 3.8) is 0 Å². The summed E-state index contributed by atoms with van der Waals surface area (Å²) in [6, 6.07) is 6.51. The van der Waals surface area contributed by atoms with Gasteiger partial charge >= 0.3 is 0 Å². The van der Waals surface area contributed by atoms with Crippen molar-refractivity contribution in [2.45, 2.75) is 33.9 Å². The summed E-state index contributed by atoms with van der Waals surface area (Å²) in [5, 5.41) is 11.5. The lowest BCUT2D eigenvalue weighted by molar-refractivity contribution is 0.647. The van der Waals surface area contributed by atoms with Crippen molar-refractivity contribution >= 4 is 0 Å². The molecule has 0 atom stereocenters. The Balaban J connectivity index is 2.04. The molecule has 0 unspecified atom stereocenters. The van der Waals surface area contributed by atoms with Gasteiger partial charge in [0.15, 0.2) is 0 Å². The second-order valence-electron chi connectivity index (χ2n) is 4.61. The number of nitrogens with zero attached hydrogens (tertiary/aromatic N) is 3. The van der Waals surface area contributed by atoms with E-state index in [0.29, 0.717) is 0 Å². The normalized spacial score (nSPS) is 10.8. The largest absolute Gasteiger partial charge is 0.311 e. The molecule has 0 fully saturated rings. The number of aryl methyl sites for hydroxylation is 2. The van der Waals surface area contributed by atoms with Gasteiger partial charge in [-0.15, -0.1) is 5.10 Å². The zero-order chi connectivity index (χ0) is 13.0. The van der Waals surface area contributed by atoms with Gasteiger partial charge < -0.3 is 5.32 Å². The molecule has 0 spiro atoms. The molecule has 0 bridgehead atoms. The van der Waals surface area contributed by atoms with Crippen LogP contribution in [-0.4, -0.2) is 21.5 Å². The van der Waals surface area contributed by atoms with Crippen molar-refractivity contribution in [1.29, 1.82) is 0 Å². The Morgan fingerprint density at radius 1 is 1.22 bits per heavy atom. The van der Waals surface area contributed by atoms with Crippen molar-refractivity contribution in [3.8, 4) is 0 Å². The molecule has 0 saturated heterocycles. The standard InChI is InChI=1S/C14H20N4/c1-4-15-8-14-10-18(17-16-14)9-13-6-5-11(2)12(3)7-13/h5-7,10,15H,4,8-9H2,1-3H3. The SMILES string of the molecule is CCNCc1cn(Cc2ccc(C)c(C)c2)nn1. The molecule has 1 heterocycles. The molecule has 18 heavy (non-hydrogen) atoms. The van der Waals surface area contributed by atoms with Gasteiger partial charge in [0, 0.05) is 6.54 Å². The van der Waals surface area contributed by atoms with Crippen LogP contribution >= 0.6 is 0 Å². The molecule has 96 valence electrons. The fourth-order valence-corrected chi connectivity index (χ4v) is 1.84. The van der Waals surface area contributed by atoms with Crippen LogP contribution in [0.3, 0.4) is 0 Å². The molecular formula is C14H20N4. The van der Waals surface area contributed by atoms with E-state index in [9.17, 15) is 0 Å². The third kappa shape index (κ3) is 3.17. The Labute approximate surface area is 108 Å². The zero-order valence-corrected chi connectivity index (χ0v) is 11.3. The van der Waals surface area contributed by atoms with Crippen LogP contribution < -0.4 is 5.32 Å². The minimum atomic E-state index is 0.778. The first kappa shape index (κ1) is 12.8. The summed E-state index contributed by atoms with van der Waals surface area (Å²) in [4.78, 5) is 0. The van der Waals surface area contributed by atoms with Crippen LogP contribution in [0.15, 0.2) is 24.4 Å². The van der Waals surface area contributed by atoms with Crippen LogP contribution in [-0.2, 0) is 13.1 Å². The zero-order valence-electron chi connectivity index (χ0n) is 11.3. The summed E-state index contributed by atoms with van der Waals surface area (Å²) >= 11 is 0. The monoisotopic (exact) mass is 244 g/mol. The van der Waals surface area contributed by atoms with E-state index in [1.54, 1.807) is 0 Å². The molecule has 0 amide bonds. The van der Waals surface area contributed by atoms with Gasteiger partial charge in [-0.05, 0) is 37.1 Å². The van der Waals surface area contributed by atoms with Crippen LogP contribution in [0.25, 0.3) is 0 Å². The van der Waals surface area contributed by atoms with E-state index in [1.807, 2.05) is 10.9 Å². The van der Waals surface area contributed by atoms with Crippen LogP contribution in [0.1, 0.15) is 29.3 Å². The average molecular weight is 244 g/mol. The van der Waals surface area contributed by atoms with Crippen molar-refractivity contribution in [2.24, 2.45) is 0 Å². The van der Waals surface area contributed by atoms with E-state index in [1.165, 1.54) is 16.7 Å². The number of hydrogen-bond acceptors (Lipinski definition) is 3. The molecule has 1 aromatic carbocycles. The molecule has 4 heteroatoms. The molecule has 0 radical (unpaired) electrons. The Hall–Kier alpha value is -1.68. The molecule has 0 aliphatic heterocycles. The highest BCUT2D eigenvalue weighted by Crippen LogP contribution is 2.10. The number of hydrogen-bond donors (Lipinski definition) is 1. The topological polar surface area (TPSA) is 42.7 Å². The maximum absolute atomic E-state index is 4.14. The second-order valence-corrected chi connectivity index (χ2v) is 4.61. The Morgan fingerprint density at radius 2 is 2.06 bits per heavy atom. The van der Waals surface area contributed by atoms with Crippen LogP contribution in [0.4, 0.5) is 0 Å². The first-order valence-electron chi connectivity index (χ1n) is 6.35. The maximum Gasteiger partial charge on any atom is 0.0964 e. The second kappa shape index (κ2) is 5.78. The highest BCUT2D eigenvalue weighted by molar-refractivity contribution is 5.29. The van der Waals surface area contributed by atoms with E-state index in [0.717, 1.165) is 25.3 Å². The first-order valence-corrected chi connectivity index (χ1v) is 6.35. The molecular weight excluding hydrogens is 224 g/mol. The Bertz CT molecular complexity index is 516. The maximum atomic E-state index is 4.14. The fourth-order valence-electron chi connectivity index (χ4n) is 1.84. The van der Waals surface area contributed by atoms with E-state index >= 15 is 0 Å². The number of rotatable bonds is 5. The van der Waals surface area contributed by atoms with Gasteiger partial charge in [0.25, 0.3) is 0 Å². The van der Waals surface area contributed by atoms with E-state index in [2.05, 4.69) is 54.6 Å². The van der Waals surface area contributed by atoms with E-state index < -0.39 is 0 Å². The van der Waals surface area contributed by atoms with Crippen LogP contribution in [0, 0.1) is 13.8 Å². The lowest BCUT2D eigenvalue weighted by Gasteiger charge is -2.04. The molecule has 2 aromatic rings. The lowest BCUT2D eigenvalue weighted by atomic mass is 10.1. The predicted molar refractivity (Wildman–Crippen MR) is 72.4 cm³/mol. The van der Waals surface area contributed by atoms with Gasteiger partial charge in [0.2, 0.25) is 0 Å². The summed E-state index contributed by atoms with van der Waals surface area (Å²) in [6.45, 7) is 8.85. The number of nitrogens with one attached hydrogen (secondary N) is 1. The third-order valence-corrected chi connectivity index (χ3v) is 3.06. The van der Waals surface area contributed by atoms with E-state index in [-0.39, 0.29) is 0 Å². The minimum Gasteiger partial charge on any atom is -0.311 e. The fraction of sp³-hybridized carbons (Fsp3) is 0.429. The first-order chi connectivity index (χ1) is 8.69. The highest BCUT2D eigenvalue weighted by atomic mass is 15.4. The third-order valence-electron chi connectivity index (χ3n) is 3.06. The summed E-state index contributed by atoms with van der Waals surface area (Å²) in [5.41, 5.74) is 4.89. The summed E-state index contributed by atoms with van der Waals surface area (Å²) in [7, 11) is 0. The van der Waals surface area contributed by atoms with Gasteiger partial charge in [0.05, 0.1) is 18.4 Å². The summed E-state index contributed by atoms with van der Waals surface area (Å²) < 4.78 is 1.89. The molecule has 0 aliphatic carbocycles. The molecule has 0 aliphatic rings. The average Bonchev–Trinajstić information content (AvgIpc) is 2.79. The molecule has 4 nitrogen and oxygen atoms in total. The molecule has 1 aromatic heterocycles. The number of aromatic nitrogens is 3. The Kier molecular flexibility index (Phi) is 4.10. The van der Waals surface area contributed by atoms with Crippen molar-refractivity contribution < 1.29 is 0 Å². The quantitative estimate of drug-likeness (QED) is 0.875. The predicted octanol–water partition coefficient (Wildman–Crippen LogP) is 2.05. The van der Waals surface area contributed by atoms with Crippen molar-refractivity contribution in [1.82, 2.24) is 20.3 Å². The van der Waals surface area contributed by atoms with Crippen LogP contribution in [0.5, 0.6) is 0 Å². The highest BCUT2D eigenvalue weighted by Gasteiger charge is 2.02. The van der Waals surface area contributed by atoms with Crippen molar-refractivity contribution in [3.05, 3.63) is 46.8 Å². The van der Waals surface area contributed by atoms with Gasteiger partial charge in [-0.2, -0.15) is 0 Å². The lowest BCUT2D eigenvalue weighted by Crippen LogP contribution is -2.11.